The minimum Gasteiger partial charge on any atom is -0.493 e. The number of amides is 3. The normalized spacial score (nSPS) is 21.6. The number of aryl methyl sites for hydroxylation is 1. The van der Waals surface area contributed by atoms with Gasteiger partial charge < -0.3 is 34.1 Å². The Bertz CT molecular complexity index is 1280. The summed E-state index contributed by atoms with van der Waals surface area (Å²) in [6, 6.07) is 13.0. The quantitative estimate of drug-likeness (QED) is 0.488. The van der Waals surface area contributed by atoms with Crippen LogP contribution in [-0.4, -0.2) is 86.7 Å². The molecule has 232 valence electrons. The Hall–Kier alpha value is -3.63. The Morgan fingerprint density at radius 1 is 1.05 bits per heavy atom. The first-order chi connectivity index (χ1) is 20.9. The van der Waals surface area contributed by atoms with Gasteiger partial charge in [0.25, 0.3) is 0 Å². The number of fused-ring (bicyclic) bond motifs is 9. The number of carbonyl (C=O) groups excluding carboxylic acids is 3. The zero-order chi connectivity index (χ0) is 30.2. The highest BCUT2D eigenvalue weighted by Gasteiger charge is 2.35. The van der Waals surface area contributed by atoms with E-state index in [4.69, 9.17) is 18.9 Å². The highest BCUT2D eigenvalue weighted by molar-refractivity contribution is 5.85. The van der Waals surface area contributed by atoms with Gasteiger partial charge in [0.05, 0.1) is 32.4 Å². The molecule has 2 atom stereocenters. The maximum atomic E-state index is 13.4. The fourth-order valence-electron chi connectivity index (χ4n) is 5.70. The van der Waals surface area contributed by atoms with E-state index in [0.29, 0.717) is 81.7 Å². The number of ether oxygens (including phenoxy) is 4. The fourth-order valence-corrected chi connectivity index (χ4v) is 5.70. The molecule has 1 saturated heterocycles. The van der Waals surface area contributed by atoms with Gasteiger partial charge in [-0.1, -0.05) is 18.2 Å². The molecule has 2 aromatic carbocycles. The summed E-state index contributed by atoms with van der Waals surface area (Å²) in [5.74, 6) is 2.05. The topological polar surface area (TPSA) is 107 Å². The van der Waals surface area contributed by atoms with Crippen molar-refractivity contribution in [2.45, 2.75) is 63.7 Å². The Morgan fingerprint density at radius 2 is 1.91 bits per heavy atom. The van der Waals surface area contributed by atoms with Crippen molar-refractivity contribution >= 4 is 17.7 Å². The van der Waals surface area contributed by atoms with E-state index in [1.807, 2.05) is 47.4 Å². The average Bonchev–Trinajstić information content (AvgIpc) is 3.83. The van der Waals surface area contributed by atoms with Crippen molar-refractivity contribution in [1.82, 2.24) is 15.1 Å². The van der Waals surface area contributed by atoms with E-state index in [1.165, 1.54) is 0 Å². The zero-order valence-corrected chi connectivity index (χ0v) is 25.2. The zero-order valence-electron chi connectivity index (χ0n) is 25.2. The van der Waals surface area contributed by atoms with Gasteiger partial charge >= 0.3 is 0 Å². The first-order valence-electron chi connectivity index (χ1n) is 15.3. The standard InChI is InChI=1S/C33H43N3O7/c1-40-16-4-14-35-21-31(37)34-27-20-36(33(39)19-24-7-8-24)15-13-28(27)42-22-25-5-3-6-26(17-25)43-29-11-9-23(10-12-32(35)38)18-30(29)41-2/h3,5-6,9,11,17-18,24,27-28H,4,7-8,10,12-16,19-22H2,1-2H3,(H,34,37)/t27-,28+/m0/s1. The molecule has 10 heteroatoms. The number of piperidine rings is 1. The monoisotopic (exact) mass is 593 g/mol. The van der Waals surface area contributed by atoms with Gasteiger partial charge in [-0.3, -0.25) is 14.4 Å². The summed E-state index contributed by atoms with van der Waals surface area (Å²) in [7, 11) is 3.21. The van der Waals surface area contributed by atoms with Gasteiger partial charge in [-0.15, -0.1) is 0 Å². The molecule has 1 aliphatic carbocycles. The summed E-state index contributed by atoms with van der Waals surface area (Å²) in [5, 5.41) is 3.12. The number of methoxy groups -OCH3 is 2. The van der Waals surface area contributed by atoms with Gasteiger partial charge in [-0.2, -0.15) is 0 Å². The van der Waals surface area contributed by atoms with Crippen LogP contribution >= 0.6 is 0 Å². The molecule has 0 radical (unpaired) electrons. The molecule has 2 aromatic rings. The molecule has 3 amide bonds. The Morgan fingerprint density at radius 3 is 2.70 bits per heavy atom. The molecular weight excluding hydrogens is 550 g/mol. The van der Waals surface area contributed by atoms with Crippen molar-refractivity contribution in [1.29, 1.82) is 0 Å². The number of nitrogens with zero attached hydrogens (tertiary/aromatic N) is 2. The molecule has 4 bridgehead atoms. The second-order valence-corrected chi connectivity index (χ2v) is 11.7. The van der Waals surface area contributed by atoms with Crippen molar-refractivity contribution in [2.75, 3.05) is 47.0 Å². The van der Waals surface area contributed by atoms with Crippen LogP contribution in [0.2, 0.25) is 0 Å². The van der Waals surface area contributed by atoms with Crippen LogP contribution in [0.25, 0.3) is 0 Å². The maximum Gasteiger partial charge on any atom is 0.239 e. The van der Waals surface area contributed by atoms with E-state index in [-0.39, 0.29) is 42.8 Å². The molecule has 6 rings (SSSR count). The lowest BCUT2D eigenvalue weighted by molar-refractivity contribution is -0.139. The van der Waals surface area contributed by atoms with Gasteiger partial charge in [0.15, 0.2) is 11.5 Å². The third-order valence-corrected chi connectivity index (χ3v) is 8.32. The first-order valence-corrected chi connectivity index (χ1v) is 15.3. The van der Waals surface area contributed by atoms with Crippen LogP contribution in [0.4, 0.5) is 0 Å². The van der Waals surface area contributed by atoms with Crippen LogP contribution in [0.3, 0.4) is 0 Å². The Kier molecular flexibility index (Phi) is 10.5. The lowest BCUT2D eigenvalue weighted by atomic mass is 10.0. The third kappa shape index (κ3) is 8.70. The van der Waals surface area contributed by atoms with Crippen molar-refractivity contribution in [3.05, 3.63) is 53.6 Å². The number of carbonyl (C=O) groups is 3. The summed E-state index contributed by atoms with van der Waals surface area (Å²) in [5.41, 5.74) is 1.86. The van der Waals surface area contributed by atoms with E-state index < -0.39 is 0 Å². The average molecular weight is 594 g/mol. The predicted molar refractivity (Wildman–Crippen MR) is 160 cm³/mol. The largest absolute Gasteiger partial charge is 0.493 e. The molecule has 0 spiro atoms. The molecule has 4 aliphatic rings. The van der Waals surface area contributed by atoms with Gasteiger partial charge in [0, 0.05) is 46.2 Å². The molecule has 0 unspecified atom stereocenters. The van der Waals surface area contributed by atoms with Crippen molar-refractivity contribution < 1.29 is 33.3 Å². The van der Waals surface area contributed by atoms with Crippen LogP contribution in [0.15, 0.2) is 42.5 Å². The first kappa shape index (κ1) is 30.8. The fraction of sp³-hybridized carbons (Fsp3) is 0.545. The van der Waals surface area contributed by atoms with Crippen LogP contribution < -0.4 is 14.8 Å². The van der Waals surface area contributed by atoms with Crippen LogP contribution in [0.1, 0.15) is 49.7 Å². The lowest BCUT2D eigenvalue weighted by Gasteiger charge is -2.39. The number of likely N-dealkylation sites (tertiary alicyclic amines) is 1. The molecule has 10 nitrogen and oxygen atoms in total. The van der Waals surface area contributed by atoms with E-state index in [0.717, 1.165) is 24.0 Å². The molecule has 1 saturated carbocycles. The van der Waals surface area contributed by atoms with Crippen molar-refractivity contribution in [3.63, 3.8) is 0 Å². The minimum atomic E-state index is -0.388. The van der Waals surface area contributed by atoms with Crippen LogP contribution in [-0.2, 0) is 36.9 Å². The second kappa shape index (κ2) is 14.7. The number of nitrogens with one attached hydrogen (secondary N) is 1. The summed E-state index contributed by atoms with van der Waals surface area (Å²) in [4.78, 5) is 43.2. The highest BCUT2D eigenvalue weighted by Crippen LogP contribution is 2.34. The smallest absolute Gasteiger partial charge is 0.239 e. The van der Waals surface area contributed by atoms with Crippen molar-refractivity contribution in [3.8, 4) is 17.2 Å². The highest BCUT2D eigenvalue weighted by atomic mass is 16.5. The van der Waals surface area contributed by atoms with E-state index in [9.17, 15) is 14.4 Å². The Labute approximate surface area is 253 Å². The molecule has 3 aliphatic heterocycles. The van der Waals surface area contributed by atoms with Gasteiger partial charge in [-0.25, -0.2) is 0 Å². The molecule has 3 heterocycles. The van der Waals surface area contributed by atoms with E-state index in [2.05, 4.69) is 5.32 Å². The van der Waals surface area contributed by atoms with Crippen molar-refractivity contribution in [2.24, 2.45) is 5.92 Å². The number of rotatable bonds is 7. The van der Waals surface area contributed by atoms with E-state index in [1.54, 1.807) is 19.1 Å². The maximum absolute atomic E-state index is 13.4. The van der Waals surface area contributed by atoms with Gasteiger partial charge in [-0.05, 0) is 73.4 Å². The minimum absolute atomic E-state index is 0.0695. The summed E-state index contributed by atoms with van der Waals surface area (Å²) >= 11 is 0. The third-order valence-electron chi connectivity index (χ3n) is 8.32. The molecule has 0 aromatic heterocycles. The molecular formula is C33H43N3O7. The SMILES string of the molecule is COCCCN1CC(=O)N[C@H]2CN(C(=O)CC3CC3)CC[C@H]2OCc2cccc(c2)Oc2ccc(cc2OC)CCC1=O. The summed E-state index contributed by atoms with van der Waals surface area (Å²) in [6.07, 6.45) is 4.45. The van der Waals surface area contributed by atoms with Gasteiger partial charge in [0.2, 0.25) is 17.7 Å². The number of benzene rings is 2. The molecule has 1 N–H and O–H groups in total. The van der Waals surface area contributed by atoms with Crippen LogP contribution in [0, 0.1) is 5.92 Å². The van der Waals surface area contributed by atoms with Crippen LogP contribution in [0.5, 0.6) is 17.2 Å². The molecule has 43 heavy (non-hydrogen) atoms. The van der Waals surface area contributed by atoms with E-state index >= 15 is 0 Å². The lowest BCUT2D eigenvalue weighted by Crippen LogP contribution is -2.58. The Balaban J connectivity index is 1.38. The summed E-state index contributed by atoms with van der Waals surface area (Å²) in [6.45, 7) is 2.12. The number of hydrogen-bond donors (Lipinski definition) is 1. The number of hydrogen-bond acceptors (Lipinski definition) is 7. The summed E-state index contributed by atoms with van der Waals surface area (Å²) < 4.78 is 23.4. The second-order valence-electron chi connectivity index (χ2n) is 11.7. The molecule has 2 fully saturated rings. The predicted octanol–water partition coefficient (Wildman–Crippen LogP) is 3.70. The van der Waals surface area contributed by atoms with Gasteiger partial charge in [0.1, 0.15) is 5.75 Å².